The Labute approximate surface area is 122 Å². The smallest absolute Gasteiger partial charge is 0.338 e. The number of esters is 1. The van der Waals surface area contributed by atoms with Gasteiger partial charge in [-0.25, -0.2) is 4.79 Å². The minimum absolute atomic E-state index is 0.00477. The molecule has 0 unspecified atom stereocenters. The molecule has 1 aliphatic rings. The second-order valence-corrected chi connectivity index (χ2v) is 4.47. The predicted molar refractivity (Wildman–Crippen MR) is 74.9 cm³/mol. The molecule has 1 aromatic carbocycles. The predicted octanol–water partition coefficient (Wildman–Crippen LogP) is 2.93. The number of aliphatic hydroxyl groups is 1. The van der Waals surface area contributed by atoms with Crippen LogP contribution in [-0.2, 0) is 14.3 Å². The van der Waals surface area contributed by atoms with E-state index in [0.29, 0.717) is 5.56 Å². The van der Waals surface area contributed by atoms with Crippen LogP contribution in [0.15, 0.2) is 53.2 Å². The maximum atomic E-state index is 12.2. The number of nitrogens with zero attached hydrogens (tertiary/aromatic N) is 1. The first kappa shape index (κ1) is 14.7. The Kier molecular flexibility index (Phi) is 4.29. The molecule has 0 aromatic heterocycles. The summed E-state index contributed by atoms with van der Waals surface area (Å²) in [6.07, 6.45) is 0. The third-order valence-electron chi connectivity index (χ3n) is 3.19. The normalized spacial score (nSPS) is 18.0. The van der Waals surface area contributed by atoms with E-state index < -0.39 is 17.8 Å². The van der Waals surface area contributed by atoms with Gasteiger partial charge in [-0.3, -0.25) is 0 Å². The first-order chi connectivity index (χ1) is 10.1. The van der Waals surface area contributed by atoms with Crippen molar-refractivity contribution in [3.63, 3.8) is 0 Å². The number of aliphatic hydroxyl groups excluding tert-OH is 1. The summed E-state index contributed by atoms with van der Waals surface area (Å²) in [5.74, 6) is -1.48. The monoisotopic (exact) mass is 285 g/mol. The van der Waals surface area contributed by atoms with Gasteiger partial charge in [0, 0.05) is 0 Å². The van der Waals surface area contributed by atoms with Crippen LogP contribution in [0.1, 0.15) is 25.3 Å². The van der Waals surface area contributed by atoms with E-state index in [1.807, 2.05) is 12.1 Å². The number of nitriles is 1. The molecular weight excluding hydrogens is 270 g/mol. The number of ether oxygens (including phenoxy) is 2. The third kappa shape index (κ3) is 2.75. The van der Waals surface area contributed by atoms with Crippen LogP contribution in [0.4, 0.5) is 0 Å². The lowest BCUT2D eigenvalue weighted by Crippen LogP contribution is -2.23. The van der Waals surface area contributed by atoms with E-state index in [-0.39, 0.29) is 23.5 Å². The fraction of sp³-hybridized carbons (Fsp3) is 0.250. The summed E-state index contributed by atoms with van der Waals surface area (Å²) in [6, 6.07) is 10.9. The van der Waals surface area contributed by atoms with Crippen LogP contribution in [0.3, 0.4) is 0 Å². The van der Waals surface area contributed by atoms with Crippen molar-refractivity contribution in [2.45, 2.75) is 19.8 Å². The minimum Gasteiger partial charge on any atom is -0.480 e. The van der Waals surface area contributed by atoms with Gasteiger partial charge in [-0.1, -0.05) is 30.3 Å². The molecule has 0 aliphatic carbocycles. The average Bonchev–Trinajstić information content (AvgIpc) is 2.47. The zero-order chi connectivity index (χ0) is 15.4. The topological polar surface area (TPSA) is 79.6 Å². The van der Waals surface area contributed by atoms with Crippen molar-refractivity contribution in [3.05, 3.63) is 58.7 Å². The number of carbonyl (C=O) groups excluding carboxylic acids is 1. The first-order valence-corrected chi connectivity index (χ1v) is 6.54. The SMILES string of the molecule is CCOC(=O)C1=C(C)OC(O)=C(C#N)[C@@H]1c1ccccc1. The third-order valence-corrected chi connectivity index (χ3v) is 3.19. The Hall–Kier alpha value is -2.74. The average molecular weight is 285 g/mol. The zero-order valence-corrected chi connectivity index (χ0v) is 11.8. The van der Waals surface area contributed by atoms with Crippen molar-refractivity contribution in [1.29, 1.82) is 5.26 Å². The molecular formula is C16H15NO4. The number of rotatable bonds is 3. The molecule has 1 atom stereocenters. The van der Waals surface area contributed by atoms with Crippen LogP contribution in [0.2, 0.25) is 0 Å². The van der Waals surface area contributed by atoms with Crippen LogP contribution in [0, 0.1) is 11.3 Å². The molecule has 0 spiro atoms. The van der Waals surface area contributed by atoms with Gasteiger partial charge >= 0.3 is 5.97 Å². The first-order valence-electron chi connectivity index (χ1n) is 6.54. The van der Waals surface area contributed by atoms with Gasteiger partial charge in [-0.05, 0) is 19.4 Å². The molecule has 5 heteroatoms. The van der Waals surface area contributed by atoms with Crippen molar-refractivity contribution in [1.82, 2.24) is 0 Å². The summed E-state index contributed by atoms with van der Waals surface area (Å²) >= 11 is 0. The maximum absolute atomic E-state index is 12.2. The fourth-order valence-electron chi connectivity index (χ4n) is 2.29. The lowest BCUT2D eigenvalue weighted by atomic mass is 9.83. The molecule has 21 heavy (non-hydrogen) atoms. The molecule has 1 aliphatic heterocycles. The molecule has 0 saturated carbocycles. The van der Waals surface area contributed by atoms with Crippen LogP contribution in [0.5, 0.6) is 0 Å². The lowest BCUT2D eigenvalue weighted by Gasteiger charge is -2.25. The standard InChI is InChI=1S/C16H15NO4/c1-3-20-16(19)13-10(2)21-15(18)12(9-17)14(13)11-7-5-4-6-8-11/h4-8,14,18H,3H2,1-2H3/t14-/m0/s1. The van der Waals surface area contributed by atoms with Gasteiger partial charge in [-0.2, -0.15) is 5.26 Å². The van der Waals surface area contributed by atoms with Crippen molar-refractivity contribution >= 4 is 5.97 Å². The van der Waals surface area contributed by atoms with Gasteiger partial charge in [0.15, 0.2) is 0 Å². The van der Waals surface area contributed by atoms with Gasteiger partial charge in [0.05, 0.1) is 18.1 Å². The summed E-state index contributed by atoms with van der Waals surface area (Å²) in [7, 11) is 0. The van der Waals surface area contributed by atoms with Crippen LogP contribution < -0.4 is 0 Å². The second kappa shape index (κ2) is 6.14. The van der Waals surface area contributed by atoms with E-state index in [1.54, 1.807) is 38.1 Å². The van der Waals surface area contributed by atoms with Crippen molar-refractivity contribution in [2.24, 2.45) is 0 Å². The summed E-state index contributed by atoms with van der Waals surface area (Å²) < 4.78 is 10.2. The highest BCUT2D eigenvalue weighted by molar-refractivity contribution is 5.92. The highest BCUT2D eigenvalue weighted by atomic mass is 16.6. The highest BCUT2D eigenvalue weighted by Gasteiger charge is 2.36. The van der Waals surface area contributed by atoms with Crippen LogP contribution >= 0.6 is 0 Å². The van der Waals surface area contributed by atoms with E-state index in [2.05, 4.69) is 0 Å². The largest absolute Gasteiger partial charge is 0.480 e. The fourth-order valence-corrected chi connectivity index (χ4v) is 2.29. The Balaban J connectivity index is 2.58. The molecule has 0 fully saturated rings. The van der Waals surface area contributed by atoms with Gasteiger partial charge in [-0.15, -0.1) is 0 Å². The van der Waals surface area contributed by atoms with Crippen molar-refractivity contribution in [3.8, 4) is 6.07 Å². The van der Waals surface area contributed by atoms with Gasteiger partial charge in [0.25, 0.3) is 5.95 Å². The Morgan fingerprint density at radius 3 is 2.67 bits per heavy atom. The molecule has 0 amide bonds. The number of allylic oxidation sites excluding steroid dienone is 2. The summed E-state index contributed by atoms with van der Waals surface area (Å²) in [5.41, 5.74) is 0.943. The van der Waals surface area contributed by atoms with Crippen LogP contribution in [0.25, 0.3) is 0 Å². The van der Waals surface area contributed by atoms with E-state index in [4.69, 9.17) is 9.47 Å². The van der Waals surface area contributed by atoms with E-state index in [1.165, 1.54) is 0 Å². The Bertz CT molecular complexity index is 653. The molecule has 0 saturated heterocycles. The lowest BCUT2D eigenvalue weighted by molar-refractivity contribution is -0.139. The van der Waals surface area contributed by atoms with Gasteiger partial charge in [0.1, 0.15) is 17.4 Å². The summed E-state index contributed by atoms with van der Waals surface area (Å²) in [5, 5.41) is 19.1. The maximum Gasteiger partial charge on any atom is 0.338 e. The molecule has 1 aromatic rings. The van der Waals surface area contributed by atoms with E-state index in [0.717, 1.165) is 0 Å². The summed E-state index contributed by atoms with van der Waals surface area (Å²) in [4.78, 5) is 12.2. The number of hydrogen-bond acceptors (Lipinski definition) is 5. The second-order valence-electron chi connectivity index (χ2n) is 4.47. The zero-order valence-electron chi connectivity index (χ0n) is 11.8. The van der Waals surface area contributed by atoms with E-state index in [9.17, 15) is 15.2 Å². The Morgan fingerprint density at radius 1 is 1.43 bits per heavy atom. The van der Waals surface area contributed by atoms with Gasteiger partial charge < -0.3 is 14.6 Å². The summed E-state index contributed by atoms with van der Waals surface area (Å²) in [6.45, 7) is 3.48. The number of hydrogen-bond donors (Lipinski definition) is 1. The van der Waals surface area contributed by atoms with Crippen LogP contribution in [-0.4, -0.2) is 17.7 Å². The van der Waals surface area contributed by atoms with E-state index >= 15 is 0 Å². The molecule has 108 valence electrons. The van der Waals surface area contributed by atoms with Gasteiger partial charge in [0.2, 0.25) is 0 Å². The number of benzene rings is 1. The number of carbonyl (C=O) groups is 1. The highest BCUT2D eigenvalue weighted by Crippen LogP contribution is 2.39. The molecule has 1 heterocycles. The Morgan fingerprint density at radius 2 is 2.10 bits per heavy atom. The van der Waals surface area contributed by atoms with Crippen molar-refractivity contribution < 1.29 is 19.4 Å². The molecule has 0 radical (unpaired) electrons. The molecule has 0 bridgehead atoms. The molecule has 1 N–H and O–H groups in total. The quantitative estimate of drug-likeness (QED) is 0.864. The molecule has 2 rings (SSSR count). The molecule has 5 nitrogen and oxygen atoms in total. The minimum atomic E-state index is -0.691. The van der Waals surface area contributed by atoms with Crippen molar-refractivity contribution in [2.75, 3.05) is 6.61 Å².